The molecule has 1 aliphatic heterocycles. The minimum atomic E-state index is -0.515. The molecule has 0 bridgehead atoms. The van der Waals surface area contributed by atoms with Gasteiger partial charge in [0, 0.05) is 44.6 Å². The van der Waals surface area contributed by atoms with Crippen LogP contribution in [0.1, 0.15) is 18.1 Å². The summed E-state index contributed by atoms with van der Waals surface area (Å²) in [6.07, 6.45) is 3.01. The van der Waals surface area contributed by atoms with Crippen molar-refractivity contribution in [2.45, 2.75) is 13.8 Å². The van der Waals surface area contributed by atoms with E-state index in [4.69, 9.17) is 9.72 Å². The van der Waals surface area contributed by atoms with E-state index >= 15 is 0 Å². The van der Waals surface area contributed by atoms with E-state index in [1.807, 2.05) is 48.2 Å². The number of anilines is 2. The lowest BCUT2D eigenvalue weighted by Crippen LogP contribution is -2.47. The molecular formula is C26H28N6O3. The van der Waals surface area contributed by atoms with Crippen LogP contribution in [0.4, 0.5) is 11.5 Å². The number of methoxy groups -OCH3 is 1. The highest BCUT2D eigenvalue weighted by atomic mass is 16.5. The van der Waals surface area contributed by atoms with Gasteiger partial charge in [-0.3, -0.25) is 14.0 Å². The molecule has 0 unspecified atom stereocenters. The van der Waals surface area contributed by atoms with E-state index in [0.29, 0.717) is 31.1 Å². The number of hydrogen-bond donors (Lipinski definition) is 1. The van der Waals surface area contributed by atoms with Crippen molar-refractivity contribution in [1.29, 1.82) is 5.26 Å². The number of carbonyl (C=O) groups is 1. The van der Waals surface area contributed by atoms with Crippen molar-refractivity contribution >= 4 is 29.1 Å². The standard InChI is InChI=1S/C26H28N6O3/c1-4-28-25(33)19(17-27)16-22-24(29-23-18(2)6-5-11-32(23)26(22)34)31-14-12-30(13-15-31)20-7-9-21(35-3)10-8-20/h5-11,16H,4,12-15H2,1-3H3,(H,28,33)/b19-16+. The fraction of sp³-hybridized carbons (Fsp3) is 0.308. The van der Waals surface area contributed by atoms with Crippen LogP contribution in [0.15, 0.2) is 53.0 Å². The second-order valence-electron chi connectivity index (χ2n) is 8.24. The summed E-state index contributed by atoms with van der Waals surface area (Å²) in [5.41, 5.74) is 2.30. The van der Waals surface area contributed by atoms with E-state index in [9.17, 15) is 14.9 Å². The van der Waals surface area contributed by atoms with E-state index in [-0.39, 0.29) is 16.7 Å². The number of piperazine rings is 1. The normalized spacial score (nSPS) is 14.1. The molecule has 3 heterocycles. The van der Waals surface area contributed by atoms with Crippen LogP contribution in [0.2, 0.25) is 0 Å². The molecule has 1 amide bonds. The van der Waals surface area contributed by atoms with E-state index < -0.39 is 5.91 Å². The SMILES string of the molecule is CCNC(=O)/C(C#N)=C/c1c(N2CCN(c3ccc(OC)cc3)CC2)nc2c(C)cccn2c1=O. The number of nitrogens with one attached hydrogen (secondary N) is 1. The Bertz CT molecular complexity index is 1360. The molecule has 1 aromatic carbocycles. The number of carbonyl (C=O) groups excluding carboxylic acids is 1. The fourth-order valence-electron chi connectivity index (χ4n) is 4.19. The number of ether oxygens (including phenoxy) is 1. The first-order chi connectivity index (χ1) is 17.0. The minimum Gasteiger partial charge on any atom is -0.497 e. The molecule has 0 radical (unpaired) electrons. The fourth-order valence-corrected chi connectivity index (χ4v) is 4.19. The highest BCUT2D eigenvalue weighted by Crippen LogP contribution is 2.25. The number of amides is 1. The van der Waals surface area contributed by atoms with Gasteiger partial charge in [-0.2, -0.15) is 5.26 Å². The summed E-state index contributed by atoms with van der Waals surface area (Å²) >= 11 is 0. The summed E-state index contributed by atoms with van der Waals surface area (Å²) in [7, 11) is 1.64. The number of likely N-dealkylation sites (N-methyl/N-ethyl adjacent to an activating group) is 1. The van der Waals surface area contributed by atoms with Gasteiger partial charge in [0.2, 0.25) is 0 Å². The lowest BCUT2D eigenvalue weighted by atomic mass is 10.1. The third-order valence-electron chi connectivity index (χ3n) is 6.07. The number of aryl methyl sites for hydroxylation is 1. The minimum absolute atomic E-state index is 0.128. The Morgan fingerprint density at radius 3 is 2.49 bits per heavy atom. The van der Waals surface area contributed by atoms with Crippen LogP contribution < -0.4 is 25.4 Å². The molecule has 1 saturated heterocycles. The molecule has 1 aliphatic rings. The molecular weight excluding hydrogens is 444 g/mol. The second-order valence-corrected chi connectivity index (χ2v) is 8.24. The topological polar surface area (TPSA) is 103 Å². The summed E-state index contributed by atoms with van der Waals surface area (Å²) in [6.45, 7) is 6.77. The van der Waals surface area contributed by atoms with Crippen molar-refractivity contribution in [1.82, 2.24) is 14.7 Å². The van der Waals surface area contributed by atoms with Crippen molar-refractivity contribution < 1.29 is 9.53 Å². The lowest BCUT2D eigenvalue weighted by Gasteiger charge is -2.37. The Morgan fingerprint density at radius 1 is 1.17 bits per heavy atom. The van der Waals surface area contributed by atoms with Crippen LogP contribution in [0.3, 0.4) is 0 Å². The van der Waals surface area contributed by atoms with Crippen molar-refractivity contribution in [3.63, 3.8) is 0 Å². The molecule has 0 atom stereocenters. The predicted octanol–water partition coefficient (Wildman–Crippen LogP) is 2.38. The monoisotopic (exact) mass is 472 g/mol. The zero-order valence-electron chi connectivity index (χ0n) is 20.1. The van der Waals surface area contributed by atoms with Crippen LogP contribution in [0, 0.1) is 18.3 Å². The second kappa shape index (κ2) is 10.3. The van der Waals surface area contributed by atoms with E-state index in [1.54, 1.807) is 26.3 Å². The van der Waals surface area contributed by atoms with Gasteiger partial charge in [-0.25, -0.2) is 4.98 Å². The number of rotatable bonds is 6. The number of pyridine rings is 1. The van der Waals surface area contributed by atoms with Gasteiger partial charge in [-0.05, 0) is 55.8 Å². The number of nitrogens with zero attached hydrogens (tertiary/aromatic N) is 5. The molecule has 0 saturated carbocycles. The number of aromatic nitrogens is 2. The molecule has 2 aromatic heterocycles. The highest BCUT2D eigenvalue weighted by molar-refractivity contribution is 6.02. The molecule has 0 aliphatic carbocycles. The molecule has 180 valence electrons. The average molecular weight is 473 g/mol. The number of nitriles is 1. The van der Waals surface area contributed by atoms with E-state index in [1.165, 1.54) is 10.5 Å². The van der Waals surface area contributed by atoms with Crippen molar-refractivity contribution in [3.05, 3.63) is 69.6 Å². The Morgan fingerprint density at radius 2 is 1.86 bits per heavy atom. The zero-order valence-corrected chi connectivity index (χ0v) is 20.1. The smallest absolute Gasteiger partial charge is 0.267 e. The number of benzene rings is 1. The van der Waals surface area contributed by atoms with Crippen molar-refractivity contribution in [2.24, 2.45) is 0 Å². The molecule has 1 fully saturated rings. The third-order valence-corrected chi connectivity index (χ3v) is 6.07. The Kier molecular flexibility index (Phi) is 7.01. The van der Waals surface area contributed by atoms with Gasteiger partial charge < -0.3 is 19.9 Å². The maximum Gasteiger partial charge on any atom is 0.267 e. The van der Waals surface area contributed by atoms with E-state index in [0.717, 1.165) is 30.1 Å². The molecule has 4 rings (SSSR count). The lowest BCUT2D eigenvalue weighted by molar-refractivity contribution is -0.116. The molecule has 9 heteroatoms. The average Bonchev–Trinajstić information content (AvgIpc) is 2.89. The van der Waals surface area contributed by atoms with Crippen molar-refractivity contribution in [2.75, 3.05) is 49.6 Å². The first-order valence-corrected chi connectivity index (χ1v) is 11.5. The van der Waals surface area contributed by atoms with Gasteiger partial charge in [-0.1, -0.05) is 6.07 Å². The van der Waals surface area contributed by atoms with Gasteiger partial charge in [0.1, 0.15) is 28.9 Å². The van der Waals surface area contributed by atoms with Gasteiger partial charge >= 0.3 is 0 Å². The maximum atomic E-state index is 13.5. The van der Waals surface area contributed by atoms with Gasteiger partial charge in [0.05, 0.1) is 12.7 Å². The first-order valence-electron chi connectivity index (χ1n) is 11.5. The van der Waals surface area contributed by atoms with Crippen LogP contribution >= 0.6 is 0 Å². The van der Waals surface area contributed by atoms with Gasteiger partial charge in [0.25, 0.3) is 11.5 Å². The number of hydrogen-bond acceptors (Lipinski definition) is 7. The van der Waals surface area contributed by atoms with Crippen LogP contribution in [-0.4, -0.2) is 55.1 Å². The Hall–Kier alpha value is -4.32. The summed E-state index contributed by atoms with van der Waals surface area (Å²) in [5, 5.41) is 12.2. The first kappa shape index (κ1) is 23.8. The zero-order chi connectivity index (χ0) is 24.9. The summed E-state index contributed by atoms with van der Waals surface area (Å²) in [5.74, 6) is 0.773. The number of fused-ring (bicyclic) bond motifs is 1. The van der Waals surface area contributed by atoms with Crippen LogP contribution in [0.5, 0.6) is 5.75 Å². The van der Waals surface area contributed by atoms with Crippen molar-refractivity contribution in [3.8, 4) is 11.8 Å². The molecule has 3 aromatic rings. The highest BCUT2D eigenvalue weighted by Gasteiger charge is 2.24. The Labute approximate surface area is 203 Å². The molecule has 0 spiro atoms. The van der Waals surface area contributed by atoms with Gasteiger partial charge in [0.15, 0.2) is 0 Å². The largest absolute Gasteiger partial charge is 0.497 e. The van der Waals surface area contributed by atoms with Crippen LogP contribution in [0.25, 0.3) is 11.7 Å². The summed E-state index contributed by atoms with van der Waals surface area (Å²) in [6, 6.07) is 13.5. The molecule has 1 N–H and O–H groups in total. The van der Waals surface area contributed by atoms with Crippen LogP contribution in [-0.2, 0) is 4.79 Å². The summed E-state index contributed by atoms with van der Waals surface area (Å²) < 4.78 is 6.71. The van der Waals surface area contributed by atoms with Gasteiger partial charge in [-0.15, -0.1) is 0 Å². The summed E-state index contributed by atoms with van der Waals surface area (Å²) in [4.78, 5) is 35.0. The predicted molar refractivity (Wildman–Crippen MR) is 136 cm³/mol. The Balaban J connectivity index is 1.73. The molecule has 35 heavy (non-hydrogen) atoms. The molecule has 9 nitrogen and oxygen atoms in total. The third kappa shape index (κ3) is 4.82. The maximum absolute atomic E-state index is 13.5. The quantitative estimate of drug-likeness (QED) is 0.434. The van der Waals surface area contributed by atoms with E-state index in [2.05, 4.69) is 10.2 Å².